The maximum Gasteiger partial charge on any atom is 0.289 e. The van der Waals surface area contributed by atoms with Gasteiger partial charge < -0.3 is 9.47 Å². The fourth-order valence-corrected chi connectivity index (χ4v) is 7.69. The van der Waals surface area contributed by atoms with Crippen LogP contribution in [0.1, 0.15) is 6.42 Å². The van der Waals surface area contributed by atoms with E-state index in [0.717, 1.165) is 28.1 Å². The Morgan fingerprint density at radius 1 is 1.07 bits per heavy atom. The fourth-order valence-electron chi connectivity index (χ4n) is 1.41. The van der Waals surface area contributed by atoms with Crippen molar-refractivity contribution in [3.05, 3.63) is 8.85 Å². The van der Waals surface area contributed by atoms with E-state index in [2.05, 4.69) is 0 Å². The molecule has 1 aromatic rings. The van der Waals surface area contributed by atoms with Crippen molar-refractivity contribution in [2.24, 2.45) is 0 Å². The zero-order valence-electron chi connectivity index (χ0n) is 7.63. The van der Waals surface area contributed by atoms with E-state index in [-0.39, 0.29) is 14.9 Å². The fraction of sp³-hybridized carbons (Fsp3) is 0.625. The summed E-state index contributed by atoms with van der Waals surface area (Å²) >= 11 is 6.09. The van der Waals surface area contributed by atoms with E-state index in [9.17, 15) is 4.79 Å². The highest BCUT2D eigenvalue weighted by Gasteiger charge is 2.35. The quantitative estimate of drug-likeness (QED) is 0.789. The maximum absolute atomic E-state index is 11.1. The average Bonchev–Trinajstić information content (AvgIpc) is 2.76. The lowest BCUT2D eigenvalue weighted by atomic mass is 10.4. The van der Waals surface area contributed by atoms with Gasteiger partial charge in [0, 0.05) is 0 Å². The molecule has 0 aromatic carbocycles. The van der Waals surface area contributed by atoms with Gasteiger partial charge in [-0.05, 0) is 6.42 Å². The third-order valence-corrected chi connectivity index (χ3v) is 7.57. The van der Waals surface area contributed by atoms with E-state index in [1.54, 1.807) is 23.5 Å². The molecule has 0 aliphatic carbocycles. The van der Waals surface area contributed by atoms with Gasteiger partial charge in [-0.3, -0.25) is 4.79 Å². The smallest absolute Gasteiger partial charge is 0.289 e. The molecule has 7 heteroatoms. The van der Waals surface area contributed by atoms with E-state index in [1.807, 2.05) is 0 Å². The summed E-state index contributed by atoms with van der Waals surface area (Å²) in [5, 5.41) is 0. The molecule has 1 aromatic heterocycles. The second-order valence-electron chi connectivity index (χ2n) is 3.10. The van der Waals surface area contributed by atoms with Crippen LogP contribution in [0.15, 0.2) is 13.2 Å². The predicted octanol–water partition coefficient (Wildman–Crippen LogP) is 2.46. The number of hydrogen-bond acceptors (Lipinski definition) is 7. The molecule has 0 atom stereocenters. The Labute approximate surface area is 103 Å². The van der Waals surface area contributed by atoms with Crippen LogP contribution in [-0.4, -0.2) is 24.1 Å². The number of ether oxygens (including phenoxy) is 2. The van der Waals surface area contributed by atoms with Crippen LogP contribution in [0.2, 0.25) is 0 Å². The summed E-state index contributed by atoms with van der Waals surface area (Å²) in [6, 6.07) is 0. The third-order valence-electron chi connectivity index (χ3n) is 2.04. The molecule has 3 rings (SSSR count). The van der Waals surface area contributed by atoms with Crippen molar-refractivity contribution in [2.75, 3.05) is 13.2 Å². The highest BCUT2D eigenvalue weighted by atomic mass is 32.2. The maximum atomic E-state index is 11.1. The van der Waals surface area contributed by atoms with Gasteiger partial charge in [0.1, 0.15) is 4.58 Å². The molecule has 82 valence electrons. The van der Waals surface area contributed by atoms with Gasteiger partial charge in [-0.1, -0.05) is 46.2 Å². The molecule has 2 aliphatic heterocycles. The molecule has 1 fully saturated rings. The molecule has 0 saturated carbocycles. The number of rotatable bonds is 1. The highest BCUT2D eigenvalue weighted by Crippen LogP contribution is 2.53. The van der Waals surface area contributed by atoms with Crippen LogP contribution in [0, 0.1) is 0 Å². The largest absolute Gasteiger partial charge is 0.350 e. The van der Waals surface area contributed by atoms with Gasteiger partial charge in [-0.25, -0.2) is 0 Å². The summed E-state index contributed by atoms with van der Waals surface area (Å²) in [6.45, 7) is 1.57. The van der Waals surface area contributed by atoms with Gasteiger partial charge >= 0.3 is 0 Å². The average molecular weight is 280 g/mol. The lowest BCUT2D eigenvalue weighted by molar-refractivity contribution is -0.168. The van der Waals surface area contributed by atoms with Crippen LogP contribution in [0.4, 0.5) is 0 Å². The van der Waals surface area contributed by atoms with Crippen LogP contribution >= 0.6 is 46.2 Å². The Hall–Kier alpha value is 0.470. The van der Waals surface area contributed by atoms with Gasteiger partial charge in [-0.2, -0.15) is 0 Å². The molecule has 3 heterocycles. The first-order chi connectivity index (χ1) is 7.33. The van der Waals surface area contributed by atoms with Gasteiger partial charge in [-0.15, -0.1) is 0 Å². The summed E-state index contributed by atoms with van der Waals surface area (Å²) in [4.78, 5) is 11.1. The molecular weight excluding hydrogens is 272 g/mol. The second kappa shape index (κ2) is 4.38. The van der Waals surface area contributed by atoms with Gasteiger partial charge in [0.05, 0.1) is 21.6 Å². The van der Waals surface area contributed by atoms with Crippen molar-refractivity contribution in [3.8, 4) is 0 Å². The van der Waals surface area contributed by atoms with E-state index < -0.39 is 0 Å². The zero-order valence-corrected chi connectivity index (χ0v) is 10.9. The molecule has 2 aliphatic rings. The van der Waals surface area contributed by atoms with Gasteiger partial charge in [0.15, 0.2) is 6.29 Å². The topological polar surface area (TPSA) is 35.5 Å². The lowest BCUT2D eigenvalue weighted by Crippen LogP contribution is -2.31. The third kappa shape index (κ3) is 2.13. The first-order valence-corrected chi connectivity index (χ1v) is 7.92. The van der Waals surface area contributed by atoms with Crippen LogP contribution in [0.3, 0.4) is 0 Å². The number of thioether (sulfide) groups is 2. The standard InChI is InChI=1S/C8H8O3S4/c9-8-14-6-7(15-8)13-5(12-6)4-10-2-1-3-11-4/h4-5H,1-3H2. The Balaban J connectivity index is 1.72. The van der Waals surface area contributed by atoms with Crippen molar-refractivity contribution < 1.29 is 9.47 Å². The first kappa shape index (κ1) is 10.6. The monoisotopic (exact) mass is 280 g/mol. The summed E-state index contributed by atoms with van der Waals surface area (Å²) < 4.78 is 13.8. The summed E-state index contributed by atoms with van der Waals surface area (Å²) in [5.41, 5.74) is 0. The van der Waals surface area contributed by atoms with E-state index in [4.69, 9.17) is 9.47 Å². The van der Waals surface area contributed by atoms with Crippen molar-refractivity contribution in [3.63, 3.8) is 0 Å². The molecule has 0 N–H and O–H groups in total. The molecule has 1 saturated heterocycles. The summed E-state index contributed by atoms with van der Waals surface area (Å²) in [6.07, 6.45) is 0.865. The zero-order chi connectivity index (χ0) is 10.3. The van der Waals surface area contributed by atoms with Gasteiger partial charge in [0.25, 0.3) is 4.06 Å². The molecule has 0 unspecified atom stereocenters. The highest BCUT2D eigenvalue weighted by molar-refractivity contribution is 8.21. The lowest BCUT2D eigenvalue weighted by Gasteiger charge is -2.26. The molecule has 0 bridgehead atoms. The Morgan fingerprint density at radius 2 is 1.67 bits per heavy atom. The van der Waals surface area contributed by atoms with Crippen LogP contribution in [-0.2, 0) is 9.47 Å². The normalized spacial score (nSPS) is 23.2. The first-order valence-electron chi connectivity index (χ1n) is 4.53. The molecular formula is C8H8O3S4. The van der Waals surface area contributed by atoms with Crippen LogP contribution in [0.5, 0.6) is 0 Å². The van der Waals surface area contributed by atoms with E-state index in [1.165, 1.54) is 22.7 Å². The van der Waals surface area contributed by atoms with Crippen molar-refractivity contribution in [1.82, 2.24) is 0 Å². The van der Waals surface area contributed by atoms with Crippen LogP contribution < -0.4 is 4.06 Å². The molecule has 0 spiro atoms. The minimum Gasteiger partial charge on any atom is -0.350 e. The van der Waals surface area contributed by atoms with Gasteiger partial charge in [0.2, 0.25) is 0 Å². The summed E-state index contributed by atoms with van der Waals surface area (Å²) in [7, 11) is 0. The Bertz CT molecular complexity index is 380. The Kier molecular flexibility index (Phi) is 3.10. The minimum absolute atomic E-state index is 0.115. The molecule has 0 amide bonds. The SMILES string of the molecule is O=c1sc2c(s1)SC(C1OCCCO1)S2. The number of hydrogen-bond donors (Lipinski definition) is 0. The summed E-state index contributed by atoms with van der Waals surface area (Å²) in [5.74, 6) is 0. The van der Waals surface area contributed by atoms with Crippen molar-refractivity contribution >= 4 is 46.2 Å². The van der Waals surface area contributed by atoms with Crippen molar-refractivity contribution in [1.29, 1.82) is 0 Å². The number of fused-ring (bicyclic) bond motifs is 1. The molecule has 15 heavy (non-hydrogen) atoms. The second-order valence-corrected chi connectivity index (χ2v) is 8.44. The van der Waals surface area contributed by atoms with Crippen LogP contribution in [0.25, 0.3) is 0 Å². The predicted molar refractivity (Wildman–Crippen MR) is 64.3 cm³/mol. The van der Waals surface area contributed by atoms with E-state index >= 15 is 0 Å². The van der Waals surface area contributed by atoms with Crippen molar-refractivity contribution in [2.45, 2.75) is 25.7 Å². The molecule has 0 radical (unpaired) electrons. The Morgan fingerprint density at radius 3 is 2.27 bits per heavy atom. The minimum atomic E-state index is -0.115. The van der Waals surface area contributed by atoms with E-state index in [0.29, 0.717) is 0 Å². The molecule has 3 nitrogen and oxygen atoms in total.